The van der Waals surface area contributed by atoms with Crippen LogP contribution in [-0.4, -0.2) is 26.8 Å². The summed E-state index contributed by atoms with van der Waals surface area (Å²) in [5, 5.41) is 8.69. The molecule has 1 unspecified atom stereocenters. The summed E-state index contributed by atoms with van der Waals surface area (Å²) >= 11 is 8.28. The maximum Gasteiger partial charge on any atom is 0.0834 e. The number of aryl methyl sites for hydroxylation is 1. The van der Waals surface area contributed by atoms with E-state index in [9.17, 15) is 0 Å². The third kappa shape index (κ3) is 5.36. The van der Waals surface area contributed by atoms with Gasteiger partial charge in [0.05, 0.1) is 23.0 Å². The van der Waals surface area contributed by atoms with Crippen LogP contribution in [0.2, 0.25) is 5.02 Å². The van der Waals surface area contributed by atoms with E-state index in [0.29, 0.717) is 0 Å². The van der Waals surface area contributed by atoms with Crippen molar-refractivity contribution in [2.75, 3.05) is 12.3 Å². The van der Waals surface area contributed by atoms with Crippen LogP contribution in [-0.2, 0) is 6.54 Å². The van der Waals surface area contributed by atoms with E-state index in [1.54, 1.807) is 6.20 Å². The number of aromatic nitrogens is 2. The standard InChI is InChI=1S/C14H26ClN3S/c1-6-8-18-13(11(15)9-17-18)12(16-7-2)10-19-14(3,4)5/h9,12,16H,6-8,10H2,1-5H3. The third-order valence-electron chi connectivity index (χ3n) is 2.73. The molecule has 0 spiro atoms. The Kier molecular flexibility index (Phi) is 6.71. The zero-order chi connectivity index (χ0) is 14.5. The SMILES string of the molecule is CCCn1ncc(Cl)c1C(CSC(C)(C)C)NCC. The molecule has 1 aromatic heterocycles. The number of hydrogen-bond donors (Lipinski definition) is 1. The highest BCUT2D eigenvalue weighted by Gasteiger charge is 2.22. The molecule has 0 aliphatic rings. The first-order valence-corrected chi connectivity index (χ1v) is 8.34. The van der Waals surface area contributed by atoms with Gasteiger partial charge in [-0.15, -0.1) is 0 Å². The van der Waals surface area contributed by atoms with Gasteiger partial charge in [0, 0.05) is 17.0 Å². The summed E-state index contributed by atoms with van der Waals surface area (Å²) in [4.78, 5) is 0. The van der Waals surface area contributed by atoms with Crippen molar-refractivity contribution in [3.05, 3.63) is 16.9 Å². The Balaban J connectivity index is 2.88. The van der Waals surface area contributed by atoms with E-state index in [0.717, 1.165) is 36.0 Å². The summed E-state index contributed by atoms with van der Waals surface area (Å²) in [5.41, 5.74) is 1.13. The molecule has 0 aromatic carbocycles. The Labute approximate surface area is 126 Å². The molecule has 1 rings (SSSR count). The lowest BCUT2D eigenvalue weighted by molar-refractivity contribution is 0.507. The smallest absolute Gasteiger partial charge is 0.0834 e. The number of nitrogens with zero attached hydrogens (tertiary/aromatic N) is 2. The lowest BCUT2D eigenvalue weighted by atomic mass is 10.2. The van der Waals surface area contributed by atoms with Crippen LogP contribution < -0.4 is 5.32 Å². The van der Waals surface area contributed by atoms with Gasteiger partial charge in [-0.1, -0.05) is 46.2 Å². The molecule has 3 nitrogen and oxygen atoms in total. The lowest BCUT2D eigenvalue weighted by Gasteiger charge is -2.24. The molecule has 1 heterocycles. The van der Waals surface area contributed by atoms with E-state index < -0.39 is 0 Å². The highest BCUT2D eigenvalue weighted by Crippen LogP contribution is 2.31. The Bertz CT molecular complexity index is 385. The van der Waals surface area contributed by atoms with Gasteiger partial charge < -0.3 is 5.32 Å². The second kappa shape index (κ2) is 7.55. The maximum atomic E-state index is 6.33. The van der Waals surface area contributed by atoms with Gasteiger partial charge in [-0.3, -0.25) is 4.68 Å². The van der Waals surface area contributed by atoms with Crippen molar-refractivity contribution >= 4 is 23.4 Å². The van der Waals surface area contributed by atoms with Gasteiger partial charge in [-0.05, 0) is 13.0 Å². The Morgan fingerprint density at radius 2 is 2.11 bits per heavy atom. The van der Waals surface area contributed by atoms with Crippen LogP contribution in [0.3, 0.4) is 0 Å². The summed E-state index contributed by atoms with van der Waals surface area (Å²) in [7, 11) is 0. The second-order valence-corrected chi connectivity index (χ2v) is 7.89. The molecule has 0 saturated carbocycles. The Morgan fingerprint density at radius 3 is 2.63 bits per heavy atom. The molecule has 0 aliphatic heterocycles. The maximum absolute atomic E-state index is 6.33. The lowest BCUT2D eigenvalue weighted by Crippen LogP contribution is -2.27. The summed E-state index contributed by atoms with van der Waals surface area (Å²) in [5.74, 6) is 1.01. The minimum absolute atomic E-state index is 0.260. The number of nitrogens with one attached hydrogen (secondary N) is 1. The zero-order valence-electron chi connectivity index (χ0n) is 12.7. The van der Waals surface area contributed by atoms with Crippen LogP contribution in [0, 0.1) is 0 Å². The summed E-state index contributed by atoms with van der Waals surface area (Å²) < 4.78 is 2.30. The Hall–Kier alpha value is -0.190. The third-order valence-corrected chi connectivity index (χ3v) is 4.39. The second-order valence-electron chi connectivity index (χ2n) is 5.63. The molecule has 1 N–H and O–H groups in total. The molecule has 0 amide bonds. The molecule has 0 saturated heterocycles. The van der Waals surface area contributed by atoms with Gasteiger partial charge in [-0.25, -0.2) is 0 Å². The van der Waals surface area contributed by atoms with Crippen molar-refractivity contribution in [2.45, 2.75) is 58.4 Å². The predicted octanol–water partition coefficient (Wildman–Crippen LogP) is 4.13. The molecule has 19 heavy (non-hydrogen) atoms. The number of hydrogen-bond acceptors (Lipinski definition) is 3. The largest absolute Gasteiger partial charge is 0.308 e. The van der Waals surface area contributed by atoms with Crippen LogP contribution in [0.15, 0.2) is 6.20 Å². The van der Waals surface area contributed by atoms with Crippen molar-refractivity contribution in [1.82, 2.24) is 15.1 Å². The average molecular weight is 304 g/mol. The van der Waals surface area contributed by atoms with E-state index in [2.05, 4.69) is 45.0 Å². The number of rotatable bonds is 7. The van der Waals surface area contributed by atoms with Crippen molar-refractivity contribution in [3.63, 3.8) is 0 Å². The summed E-state index contributed by atoms with van der Waals surface area (Å²) in [6.07, 6.45) is 2.83. The topological polar surface area (TPSA) is 29.9 Å². The molecule has 5 heteroatoms. The van der Waals surface area contributed by atoms with E-state index in [1.165, 1.54) is 0 Å². The van der Waals surface area contributed by atoms with Crippen LogP contribution in [0.5, 0.6) is 0 Å². The molecule has 0 aliphatic carbocycles. The average Bonchev–Trinajstić information content (AvgIpc) is 2.66. The molecular formula is C14H26ClN3S. The first-order valence-electron chi connectivity index (χ1n) is 6.97. The molecule has 0 fully saturated rings. The Morgan fingerprint density at radius 1 is 1.42 bits per heavy atom. The van der Waals surface area contributed by atoms with E-state index in [-0.39, 0.29) is 10.8 Å². The number of thioether (sulfide) groups is 1. The van der Waals surface area contributed by atoms with Crippen LogP contribution in [0.4, 0.5) is 0 Å². The van der Waals surface area contributed by atoms with Gasteiger partial charge >= 0.3 is 0 Å². The van der Waals surface area contributed by atoms with Crippen molar-refractivity contribution in [2.24, 2.45) is 0 Å². The van der Waals surface area contributed by atoms with Gasteiger partial charge in [0.2, 0.25) is 0 Å². The highest BCUT2D eigenvalue weighted by molar-refractivity contribution is 8.00. The first kappa shape index (κ1) is 16.9. The van der Waals surface area contributed by atoms with Gasteiger partial charge in [0.25, 0.3) is 0 Å². The zero-order valence-corrected chi connectivity index (χ0v) is 14.2. The predicted molar refractivity (Wildman–Crippen MR) is 86.2 cm³/mol. The van der Waals surface area contributed by atoms with Crippen molar-refractivity contribution < 1.29 is 0 Å². The fourth-order valence-electron chi connectivity index (χ4n) is 1.92. The minimum atomic E-state index is 0.260. The fourth-order valence-corrected chi connectivity index (χ4v) is 3.14. The number of halogens is 1. The summed E-state index contributed by atoms with van der Waals surface area (Å²) in [6, 6.07) is 0.260. The van der Waals surface area contributed by atoms with Crippen LogP contribution >= 0.6 is 23.4 Å². The van der Waals surface area contributed by atoms with Gasteiger partial charge in [0.15, 0.2) is 0 Å². The van der Waals surface area contributed by atoms with Crippen molar-refractivity contribution in [1.29, 1.82) is 0 Å². The molecule has 0 radical (unpaired) electrons. The molecule has 0 bridgehead atoms. The van der Waals surface area contributed by atoms with Crippen LogP contribution in [0.1, 0.15) is 52.8 Å². The molecular weight excluding hydrogens is 278 g/mol. The molecule has 1 aromatic rings. The highest BCUT2D eigenvalue weighted by atomic mass is 35.5. The van der Waals surface area contributed by atoms with Gasteiger partial charge in [0.1, 0.15) is 0 Å². The molecule has 1 atom stereocenters. The molecule has 110 valence electrons. The summed E-state index contributed by atoms with van der Waals surface area (Å²) in [6.45, 7) is 12.9. The van der Waals surface area contributed by atoms with E-state index in [4.69, 9.17) is 11.6 Å². The fraction of sp³-hybridized carbons (Fsp3) is 0.786. The quantitative estimate of drug-likeness (QED) is 0.821. The van der Waals surface area contributed by atoms with Gasteiger partial charge in [-0.2, -0.15) is 16.9 Å². The van der Waals surface area contributed by atoms with E-state index >= 15 is 0 Å². The van der Waals surface area contributed by atoms with Crippen molar-refractivity contribution in [3.8, 4) is 0 Å². The normalized spacial score (nSPS) is 13.8. The monoisotopic (exact) mass is 303 g/mol. The van der Waals surface area contributed by atoms with E-state index in [1.807, 2.05) is 16.4 Å². The first-order chi connectivity index (χ1) is 8.89. The minimum Gasteiger partial charge on any atom is -0.308 e. The van der Waals surface area contributed by atoms with Crippen LogP contribution in [0.25, 0.3) is 0 Å².